The summed E-state index contributed by atoms with van der Waals surface area (Å²) in [7, 11) is 0. The van der Waals surface area contributed by atoms with Crippen LogP contribution in [0.4, 0.5) is 5.69 Å². The zero-order chi connectivity index (χ0) is 19.1. The van der Waals surface area contributed by atoms with Crippen LogP contribution in [0.5, 0.6) is 0 Å². The van der Waals surface area contributed by atoms with Crippen LogP contribution in [0.15, 0.2) is 58.8 Å². The molecular formula is C18H17N7OS. The zero-order valence-corrected chi connectivity index (χ0v) is 15.3. The van der Waals surface area contributed by atoms with Gasteiger partial charge in [-0.25, -0.2) is 0 Å². The van der Waals surface area contributed by atoms with E-state index in [4.69, 9.17) is 5.84 Å². The van der Waals surface area contributed by atoms with E-state index in [0.29, 0.717) is 10.7 Å². The van der Waals surface area contributed by atoms with Crippen molar-refractivity contribution in [2.75, 3.05) is 0 Å². The fourth-order valence-electron chi connectivity index (χ4n) is 2.16. The molecule has 0 saturated heterocycles. The van der Waals surface area contributed by atoms with Gasteiger partial charge in [-0.3, -0.25) is 14.8 Å². The van der Waals surface area contributed by atoms with Crippen molar-refractivity contribution in [2.45, 2.75) is 13.5 Å². The molecule has 0 bridgehead atoms. The van der Waals surface area contributed by atoms with E-state index in [-0.39, 0.29) is 12.3 Å². The Hall–Kier alpha value is -3.46. The average Bonchev–Trinajstić information content (AvgIpc) is 3.18. The Morgan fingerprint density at radius 1 is 1.22 bits per heavy atom. The van der Waals surface area contributed by atoms with E-state index in [0.717, 1.165) is 16.3 Å². The van der Waals surface area contributed by atoms with Crippen molar-refractivity contribution < 1.29 is 4.79 Å². The highest BCUT2D eigenvalue weighted by molar-refractivity contribution is 7.14. The lowest BCUT2D eigenvalue weighted by Gasteiger charge is -2.02. The molecule has 0 aliphatic carbocycles. The molecule has 0 atom stereocenters. The summed E-state index contributed by atoms with van der Waals surface area (Å²) in [5, 5.41) is 15.9. The molecular weight excluding hydrogens is 362 g/mol. The van der Waals surface area contributed by atoms with Crippen LogP contribution in [-0.2, 0) is 11.3 Å². The summed E-state index contributed by atoms with van der Waals surface area (Å²) in [4.78, 5) is 20.6. The largest absolute Gasteiger partial charge is 0.344 e. The predicted octanol–water partition coefficient (Wildman–Crippen LogP) is 2.24. The molecule has 1 amide bonds. The zero-order valence-electron chi connectivity index (χ0n) is 14.5. The summed E-state index contributed by atoms with van der Waals surface area (Å²) < 4.78 is 0. The first kappa shape index (κ1) is 18.3. The van der Waals surface area contributed by atoms with E-state index in [2.05, 4.69) is 30.6 Å². The molecule has 0 radical (unpaired) electrons. The van der Waals surface area contributed by atoms with Crippen LogP contribution in [-0.4, -0.2) is 33.0 Å². The van der Waals surface area contributed by atoms with Gasteiger partial charge in [0.05, 0.1) is 24.1 Å². The Balaban J connectivity index is 1.61. The molecule has 2 heterocycles. The normalized spacial score (nSPS) is 11.7. The first-order chi connectivity index (χ1) is 13.2. The lowest BCUT2D eigenvalue weighted by atomic mass is 10.2. The first-order valence-corrected chi connectivity index (χ1v) is 8.88. The minimum atomic E-state index is -0.445. The Bertz CT molecular complexity index is 982. The highest BCUT2D eigenvalue weighted by Crippen LogP contribution is 2.22. The van der Waals surface area contributed by atoms with Crippen LogP contribution in [0.25, 0.3) is 10.6 Å². The third-order valence-electron chi connectivity index (χ3n) is 3.56. The van der Waals surface area contributed by atoms with Gasteiger partial charge in [0.15, 0.2) is 5.71 Å². The molecule has 0 unspecified atom stereocenters. The number of carbonyl (C=O) groups excluding carboxylic acids is 1. The highest BCUT2D eigenvalue weighted by Gasteiger charge is 2.12. The number of rotatable bonds is 6. The van der Waals surface area contributed by atoms with Crippen LogP contribution < -0.4 is 11.2 Å². The monoisotopic (exact) mass is 379 g/mol. The number of pyridine rings is 1. The second kappa shape index (κ2) is 8.77. The van der Waals surface area contributed by atoms with Crippen molar-refractivity contribution in [3.63, 3.8) is 0 Å². The van der Waals surface area contributed by atoms with E-state index in [1.165, 1.54) is 17.6 Å². The fourth-order valence-corrected chi connectivity index (χ4v) is 2.95. The highest BCUT2D eigenvalue weighted by atomic mass is 32.1. The van der Waals surface area contributed by atoms with Gasteiger partial charge in [-0.05, 0) is 19.1 Å². The number of carbonyl (C=O) groups is 1. The number of nitrogens with one attached hydrogen (secondary N) is 1. The summed E-state index contributed by atoms with van der Waals surface area (Å²) >= 11 is 1.41. The standard InChI is InChI=1S/C18H17N7OS/c1-12-14(8-5-9-20-12)21-10-15(23-19)17(26)22-11-16-24-25-18(27-16)13-6-3-2-4-7-13/h2-10H,11,19H2,1H3,(H,22,26)/b21-10?,23-15+. The van der Waals surface area contributed by atoms with Crippen molar-refractivity contribution in [1.82, 2.24) is 20.5 Å². The minimum Gasteiger partial charge on any atom is -0.344 e. The van der Waals surface area contributed by atoms with E-state index >= 15 is 0 Å². The molecule has 0 saturated carbocycles. The molecule has 0 fully saturated rings. The molecule has 0 aliphatic heterocycles. The van der Waals surface area contributed by atoms with E-state index in [1.54, 1.807) is 18.3 Å². The van der Waals surface area contributed by atoms with E-state index in [1.807, 2.05) is 37.3 Å². The number of benzene rings is 1. The second-order valence-corrected chi connectivity index (χ2v) is 6.49. The lowest BCUT2D eigenvalue weighted by molar-refractivity contribution is -0.114. The molecule has 3 N–H and O–H groups in total. The van der Waals surface area contributed by atoms with Gasteiger partial charge in [-0.1, -0.05) is 41.7 Å². The van der Waals surface area contributed by atoms with Crippen molar-refractivity contribution in [2.24, 2.45) is 15.9 Å². The van der Waals surface area contributed by atoms with Gasteiger partial charge in [0.25, 0.3) is 5.91 Å². The van der Waals surface area contributed by atoms with Gasteiger partial charge in [0.2, 0.25) is 0 Å². The fraction of sp³-hybridized carbons (Fsp3) is 0.111. The Labute approximate surface area is 159 Å². The SMILES string of the molecule is Cc1ncccc1N=C/C(=N\N)C(=O)NCc1nnc(-c2ccccc2)s1. The molecule has 2 aromatic heterocycles. The Morgan fingerprint density at radius 3 is 2.78 bits per heavy atom. The van der Waals surface area contributed by atoms with Crippen molar-refractivity contribution >= 4 is 34.9 Å². The number of nitrogens with two attached hydrogens (primary N) is 1. The van der Waals surface area contributed by atoms with Crippen LogP contribution in [0.2, 0.25) is 0 Å². The number of hydrogen-bond donors (Lipinski definition) is 2. The summed E-state index contributed by atoms with van der Waals surface area (Å²) in [5.74, 6) is 4.87. The number of hydrazone groups is 1. The number of aliphatic imine (C=N–C) groups is 1. The topological polar surface area (TPSA) is 119 Å². The van der Waals surface area contributed by atoms with Gasteiger partial charge >= 0.3 is 0 Å². The van der Waals surface area contributed by atoms with Crippen molar-refractivity contribution in [3.8, 4) is 10.6 Å². The molecule has 0 spiro atoms. The summed E-state index contributed by atoms with van der Waals surface area (Å²) in [6, 6.07) is 13.3. The Morgan fingerprint density at radius 2 is 2.04 bits per heavy atom. The van der Waals surface area contributed by atoms with Gasteiger partial charge in [0.1, 0.15) is 10.0 Å². The molecule has 0 aliphatic rings. The number of nitrogens with zero attached hydrogens (tertiary/aromatic N) is 5. The predicted molar refractivity (Wildman–Crippen MR) is 106 cm³/mol. The van der Waals surface area contributed by atoms with E-state index in [9.17, 15) is 4.79 Å². The van der Waals surface area contributed by atoms with Crippen molar-refractivity contribution in [3.05, 3.63) is 59.4 Å². The van der Waals surface area contributed by atoms with Gasteiger partial charge < -0.3 is 11.2 Å². The summed E-state index contributed by atoms with van der Waals surface area (Å²) in [6.45, 7) is 2.05. The summed E-state index contributed by atoms with van der Waals surface area (Å²) in [5.41, 5.74) is 2.37. The van der Waals surface area contributed by atoms with Crippen molar-refractivity contribution in [1.29, 1.82) is 0 Å². The average molecular weight is 379 g/mol. The molecule has 9 heteroatoms. The third-order valence-corrected chi connectivity index (χ3v) is 4.54. The number of aromatic nitrogens is 3. The van der Waals surface area contributed by atoms with Crippen LogP contribution >= 0.6 is 11.3 Å². The quantitative estimate of drug-likeness (QED) is 0.387. The molecule has 27 heavy (non-hydrogen) atoms. The maximum atomic E-state index is 12.3. The number of hydrogen-bond acceptors (Lipinski definition) is 8. The lowest BCUT2D eigenvalue weighted by Crippen LogP contribution is -2.32. The number of amides is 1. The maximum absolute atomic E-state index is 12.3. The first-order valence-electron chi connectivity index (χ1n) is 8.07. The van der Waals surface area contributed by atoms with Gasteiger partial charge in [-0.15, -0.1) is 10.2 Å². The maximum Gasteiger partial charge on any atom is 0.273 e. The smallest absolute Gasteiger partial charge is 0.273 e. The summed E-state index contributed by atoms with van der Waals surface area (Å²) in [6.07, 6.45) is 2.99. The molecule has 1 aromatic carbocycles. The van der Waals surface area contributed by atoms with Gasteiger partial charge in [-0.2, -0.15) is 5.10 Å². The second-order valence-electron chi connectivity index (χ2n) is 5.43. The molecule has 8 nitrogen and oxygen atoms in total. The Kier molecular flexibility index (Phi) is 5.95. The number of aryl methyl sites for hydroxylation is 1. The van der Waals surface area contributed by atoms with Crippen LogP contribution in [0.1, 0.15) is 10.7 Å². The third kappa shape index (κ3) is 4.79. The minimum absolute atomic E-state index is 0.00560. The molecule has 3 rings (SSSR count). The van der Waals surface area contributed by atoms with Crippen LogP contribution in [0, 0.1) is 6.92 Å². The van der Waals surface area contributed by atoms with Gasteiger partial charge in [0, 0.05) is 11.8 Å². The van der Waals surface area contributed by atoms with E-state index < -0.39 is 5.91 Å². The molecule has 136 valence electrons. The molecule has 3 aromatic rings. The van der Waals surface area contributed by atoms with Crippen LogP contribution in [0.3, 0.4) is 0 Å².